The number of amides is 1. The van der Waals surface area contributed by atoms with E-state index in [-0.39, 0.29) is 5.91 Å². The molecule has 1 amide bonds. The molecule has 0 atom stereocenters. The van der Waals surface area contributed by atoms with Gasteiger partial charge in [0.05, 0.1) is 19.8 Å². The molecule has 7 heteroatoms. The molecule has 0 bridgehead atoms. The van der Waals surface area contributed by atoms with Gasteiger partial charge in [-0.1, -0.05) is 0 Å². The third-order valence-corrected chi connectivity index (χ3v) is 5.35. The number of methoxy groups -OCH3 is 2. The van der Waals surface area contributed by atoms with Crippen molar-refractivity contribution in [2.45, 2.75) is 31.3 Å². The van der Waals surface area contributed by atoms with E-state index in [2.05, 4.69) is 22.3 Å². The predicted octanol–water partition coefficient (Wildman–Crippen LogP) is 0.686. The quantitative estimate of drug-likeness (QED) is 0.773. The van der Waals surface area contributed by atoms with Crippen LogP contribution in [0.4, 0.5) is 0 Å². The minimum Gasteiger partial charge on any atom is -0.493 e. The Morgan fingerprint density at radius 3 is 2.54 bits per heavy atom. The fraction of sp³-hybridized carbons (Fsp3) is 0.632. The summed E-state index contributed by atoms with van der Waals surface area (Å²) in [6.45, 7) is 4.30. The number of nitrogens with one attached hydrogen (secondary N) is 1. The molecule has 26 heavy (non-hydrogen) atoms. The molecule has 7 nitrogen and oxygen atoms in total. The Morgan fingerprint density at radius 2 is 1.88 bits per heavy atom. The Hall–Kier alpha value is -1.83. The molecule has 144 valence electrons. The number of rotatable bonds is 6. The van der Waals surface area contributed by atoms with Crippen molar-refractivity contribution in [2.75, 3.05) is 47.1 Å². The topological polar surface area (TPSA) is 86.1 Å². The maximum atomic E-state index is 12.4. The zero-order chi connectivity index (χ0) is 18.6. The molecule has 1 fully saturated rings. The van der Waals surface area contributed by atoms with Gasteiger partial charge in [-0.05, 0) is 42.5 Å². The summed E-state index contributed by atoms with van der Waals surface area (Å²) in [5, 5.41) is 3.00. The van der Waals surface area contributed by atoms with E-state index in [1.54, 1.807) is 14.2 Å². The highest BCUT2D eigenvalue weighted by molar-refractivity contribution is 5.86. The van der Waals surface area contributed by atoms with Crippen LogP contribution in [0.15, 0.2) is 12.1 Å². The number of carbonyl (C=O) groups excluding carboxylic acids is 1. The molecule has 2 aliphatic rings. The number of benzene rings is 1. The molecule has 1 saturated heterocycles. The smallest absolute Gasteiger partial charge is 0.240 e. The van der Waals surface area contributed by atoms with Gasteiger partial charge in [0.1, 0.15) is 0 Å². The summed E-state index contributed by atoms with van der Waals surface area (Å²) in [6, 6.07) is 4.12. The van der Waals surface area contributed by atoms with Gasteiger partial charge in [0.2, 0.25) is 5.91 Å². The Bertz CT molecular complexity index is 644. The van der Waals surface area contributed by atoms with E-state index in [0.29, 0.717) is 32.6 Å². The van der Waals surface area contributed by atoms with E-state index in [0.717, 1.165) is 37.6 Å². The highest BCUT2D eigenvalue weighted by Crippen LogP contribution is 2.33. The SMILES string of the molecule is COc1cc2c(cc1OC)CN(CCNC(=O)C1(N)CCOCC1)CC2. The highest BCUT2D eigenvalue weighted by atomic mass is 16.5. The number of carbonyl (C=O) groups is 1. The molecule has 0 aromatic heterocycles. The normalized spacial score (nSPS) is 19.5. The fourth-order valence-corrected chi connectivity index (χ4v) is 3.60. The molecular formula is C19H29N3O4. The molecule has 2 heterocycles. The molecular weight excluding hydrogens is 334 g/mol. The molecule has 2 aliphatic heterocycles. The van der Waals surface area contributed by atoms with E-state index in [9.17, 15) is 4.79 Å². The largest absolute Gasteiger partial charge is 0.493 e. The summed E-state index contributed by atoms with van der Waals surface area (Å²) >= 11 is 0. The molecule has 1 aromatic rings. The van der Waals surface area contributed by atoms with Crippen LogP contribution in [0.2, 0.25) is 0 Å². The van der Waals surface area contributed by atoms with Crippen LogP contribution < -0.4 is 20.5 Å². The summed E-state index contributed by atoms with van der Waals surface area (Å²) in [7, 11) is 3.31. The Labute approximate surface area is 154 Å². The van der Waals surface area contributed by atoms with Crippen LogP contribution in [0.1, 0.15) is 24.0 Å². The van der Waals surface area contributed by atoms with Crippen LogP contribution >= 0.6 is 0 Å². The number of hydrogen-bond acceptors (Lipinski definition) is 6. The predicted molar refractivity (Wildman–Crippen MR) is 98.5 cm³/mol. The first-order valence-electron chi connectivity index (χ1n) is 9.17. The average molecular weight is 363 g/mol. The monoisotopic (exact) mass is 363 g/mol. The second-order valence-corrected chi connectivity index (χ2v) is 7.03. The number of hydrogen-bond donors (Lipinski definition) is 2. The first kappa shape index (κ1) is 18.9. The van der Waals surface area contributed by atoms with E-state index in [1.807, 2.05) is 0 Å². The van der Waals surface area contributed by atoms with Crippen molar-refractivity contribution < 1.29 is 19.0 Å². The first-order valence-corrected chi connectivity index (χ1v) is 9.17. The van der Waals surface area contributed by atoms with Crippen molar-refractivity contribution in [3.05, 3.63) is 23.3 Å². The second kappa shape index (κ2) is 8.24. The molecule has 0 saturated carbocycles. The van der Waals surface area contributed by atoms with Gasteiger partial charge in [-0.25, -0.2) is 0 Å². The standard InChI is InChI=1S/C19H29N3O4/c1-24-16-11-14-3-7-22(13-15(14)12-17(16)25-2)8-6-21-18(23)19(20)4-9-26-10-5-19/h11-12H,3-10,13,20H2,1-2H3,(H,21,23). The van der Waals surface area contributed by atoms with Gasteiger partial charge in [-0.15, -0.1) is 0 Å². The maximum Gasteiger partial charge on any atom is 0.240 e. The molecule has 0 unspecified atom stereocenters. The number of nitrogens with two attached hydrogens (primary N) is 1. The zero-order valence-corrected chi connectivity index (χ0v) is 15.7. The van der Waals surface area contributed by atoms with E-state index < -0.39 is 5.54 Å². The van der Waals surface area contributed by atoms with Gasteiger partial charge in [0.25, 0.3) is 0 Å². The van der Waals surface area contributed by atoms with Crippen molar-refractivity contribution in [3.8, 4) is 11.5 Å². The third kappa shape index (κ3) is 4.11. The molecule has 0 spiro atoms. The van der Waals surface area contributed by atoms with Gasteiger partial charge < -0.3 is 25.3 Å². The van der Waals surface area contributed by atoms with Crippen LogP contribution in [0.5, 0.6) is 11.5 Å². The summed E-state index contributed by atoms with van der Waals surface area (Å²) < 4.78 is 16.1. The van der Waals surface area contributed by atoms with E-state index in [4.69, 9.17) is 19.9 Å². The van der Waals surface area contributed by atoms with Crippen LogP contribution in [-0.2, 0) is 22.5 Å². The lowest BCUT2D eigenvalue weighted by Gasteiger charge is -2.33. The van der Waals surface area contributed by atoms with Crippen LogP contribution in [0.25, 0.3) is 0 Å². The fourth-order valence-electron chi connectivity index (χ4n) is 3.60. The van der Waals surface area contributed by atoms with Crippen molar-refractivity contribution >= 4 is 5.91 Å². The number of ether oxygens (including phenoxy) is 3. The summed E-state index contributed by atoms with van der Waals surface area (Å²) in [5.74, 6) is 1.47. The number of fused-ring (bicyclic) bond motifs is 1. The zero-order valence-electron chi connectivity index (χ0n) is 15.7. The molecule has 1 aromatic carbocycles. The van der Waals surface area contributed by atoms with Gasteiger partial charge in [0.15, 0.2) is 11.5 Å². The molecule has 0 aliphatic carbocycles. The van der Waals surface area contributed by atoms with Crippen molar-refractivity contribution in [2.24, 2.45) is 5.73 Å². The Kier molecular flexibility index (Phi) is 6.01. The first-order chi connectivity index (χ1) is 12.6. The second-order valence-electron chi connectivity index (χ2n) is 7.03. The average Bonchev–Trinajstić information content (AvgIpc) is 2.67. The maximum absolute atomic E-state index is 12.4. The van der Waals surface area contributed by atoms with E-state index in [1.165, 1.54) is 11.1 Å². The van der Waals surface area contributed by atoms with Crippen LogP contribution in [-0.4, -0.2) is 63.4 Å². The van der Waals surface area contributed by atoms with Crippen LogP contribution in [0, 0.1) is 0 Å². The Morgan fingerprint density at radius 1 is 1.23 bits per heavy atom. The van der Waals surface area contributed by atoms with Gasteiger partial charge in [0, 0.05) is 39.4 Å². The third-order valence-electron chi connectivity index (χ3n) is 5.35. The van der Waals surface area contributed by atoms with Gasteiger partial charge in [-0.2, -0.15) is 0 Å². The van der Waals surface area contributed by atoms with Crippen molar-refractivity contribution in [3.63, 3.8) is 0 Å². The van der Waals surface area contributed by atoms with Crippen molar-refractivity contribution in [1.82, 2.24) is 10.2 Å². The van der Waals surface area contributed by atoms with Crippen LogP contribution in [0.3, 0.4) is 0 Å². The highest BCUT2D eigenvalue weighted by Gasteiger charge is 2.35. The minimum absolute atomic E-state index is 0.0652. The minimum atomic E-state index is -0.781. The Balaban J connectivity index is 1.52. The van der Waals surface area contributed by atoms with Gasteiger partial charge in [-0.3, -0.25) is 9.69 Å². The molecule has 3 N–H and O–H groups in total. The molecule has 3 rings (SSSR count). The summed E-state index contributed by atoms with van der Waals surface area (Å²) in [5.41, 5.74) is 7.98. The lowest BCUT2D eigenvalue weighted by Crippen LogP contribution is -2.57. The lowest BCUT2D eigenvalue weighted by atomic mass is 9.90. The number of nitrogens with zero attached hydrogens (tertiary/aromatic N) is 1. The van der Waals surface area contributed by atoms with Crippen molar-refractivity contribution in [1.29, 1.82) is 0 Å². The summed E-state index contributed by atoms with van der Waals surface area (Å²) in [4.78, 5) is 14.7. The lowest BCUT2D eigenvalue weighted by molar-refractivity contribution is -0.129. The molecule has 0 radical (unpaired) electrons. The van der Waals surface area contributed by atoms with E-state index >= 15 is 0 Å². The van der Waals surface area contributed by atoms with Gasteiger partial charge >= 0.3 is 0 Å². The summed E-state index contributed by atoms with van der Waals surface area (Å²) in [6.07, 6.45) is 2.12.